The molecule has 37 heavy (non-hydrogen) atoms. The molecule has 0 radical (unpaired) electrons. The average molecular weight is 555 g/mol. The highest BCUT2D eigenvalue weighted by molar-refractivity contribution is 7.79. The number of fused-ring (bicyclic) bond motifs is 1. The van der Waals surface area contributed by atoms with E-state index in [1.807, 2.05) is 23.1 Å². The molecule has 4 aromatic rings. The van der Waals surface area contributed by atoms with Crippen molar-refractivity contribution in [3.63, 3.8) is 0 Å². The minimum absolute atomic E-state index is 0.135. The maximum Gasteiger partial charge on any atom is 0.294 e. The summed E-state index contributed by atoms with van der Waals surface area (Å²) in [5.74, 6) is 0.135. The summed E-state index contributed by atoms with van der Waals surface area (Å²) in [4.78, 5) is 9.68. The summed E-state index contributed by atoms with van der Waals surface area (Å²) in [6.07, 6.45) is 1.51. The quantitative estimate of drug-likeness (QED) is 0.271. The van der Waals surface area contributed by atoms with Crippen LogP contribution in [0.4, 0.5) is 0 Å². The number of halogens is 2. The molecule has 190 valence electrons. The molecule has 1 saturated heterocycles. The van der Waals surface area contributed by atoms with Crippen molar-refractivity contribution >= 4 is 45.3 Å². The minimum Gasteiger partial charge on any atom is -0.464 e. The molecule has 0 saturated carbocycles. The van der Waals surface area contributed by atoms with E-state index >= 15 is 0 Å². The van der Waals surface area contributed by atoms with Crippen LogP contribution in [0.5, 0.6) is 6.01 Å². The first-order valence-corrected chi connectivity index (χ1v) is 13.8. The number of nitrogens with one attached hydrogen (secondary N) is 1. The van der Waals surface area contributed by atoms with Crippen molar-refractivity contribution in [1.29, 1.82) is 5.26 Å². The fourth-order valence-corrected chi connectivity index (χ4v) is 5.72. The van der Waals surface area contributed by atoms with E-state index < -0.39 is 11.1 Å². The lowest BCUT2D eigenvalue weighted by Gasteiger charge is -2.41. The van der Waals surface area contributed by atoms with Gasteiger partial charge in [0, 0.05) is 18.5 Å². The fraction of sp³-hybridized carbons (Fsp3) is 0.259. The lowest BCUT2D eigenvalue weighted by molar-refractivity contribution is 0.117. The van der Waals surface area contributed by atoms with Crippen LogP contribution in [0.25, 0.3) is 22.2 Å². The second kappa shape index (κ2) is 10.8. The first-order valence-electron chi connectivity index (χ1n) is 11.7. The molecule has 1 aliphatic heterocycles. The predicted molar refractivity (Wildman–Crippen MR) is 146 cm³/mol. The Morgan fingerprint density at radius 1 is 1.08 bits per heavy atom. The number of rotatable bonds is 7. The van der Waals surface area contributed by atoms with Gasteiger partial charge in [-0.3, -0.25) is 4.90 Å². The molecule has 1 unspecified atom stereocenters. The number of imidazole rings is 1. The van der Waals surface area contributed by atoms with Gasteiger partial charge in [0.2, 0.25) is 0 Å². The molecule has 1 fully saturated rings. The van der Waals surface area contributed by atoms with E-state index in [1.54, 1.807) is 18.2 Å². The third kappa shape index (κ3) is 5.66. The molecular formula is C27H24Cl2N4O3S. The minimum atomic E-state index is -1.87. The molecule has 1 aromatic heterocycles. The molecule has 1 aliphatic rings. The topological polar surface area (TPSA) is 102 Å². The van der Waals surface area contributed by atoms with Gasteiger partial charge >= 0.3 is 0 Å². The van der Waals surface area contributed by atoms with Gasteiger partial charge < -0.3 is 14.3 Å². The van der Waals surface area contributed by atoms with Crippen LogP contribution in [-0.4, -0.2) is 49.2 Å². The van der Waals surface area contributed by atoms with Crippen molar-refractivity contribution in [2.24, 2.45) is 0 Å². The largest absolute Gasteiger partial charge is 0.464 e. The van der Waals surface area contributed by atoms with Crippen LogP contribution in [0, 0.1) is 11.3 Å². The van der Waals surface area contributed by atoms with Gasteiger partial charge in [-0.25, -0.2) is 4.21 Å². The molecule has 3 aromatic carbocycles. The van der Waals surface area contributed by atoms with Crippen molar-refractivity contribution in [2.45, 2.75) is 18.3 Å². The summed E-state index contributed by atoms with van der Waals surface area (Å²) in [7, 11) is 0. The molecule has 1 atom stereocenters. The number of nitrogens with zero attached hydrogens (tertiary/aromatic N) is 3. The maximum atomic E-state index is 11.4. The van der Waals surface area contributed by atoms with E-state index in [9.17, 15) is 14.0 Å². The summed E-state index contributed by atoms with van der Waals surface area (Å²) in [6.45, 7) is 1.73. The van der Waals surface area contributed by atoms with Gasteiger partial charge in [-0.2, -0.15) is 10.2 Å². The highest BCUT2D eigenvalue weighted by Crippen LogP contribution is 2.38. The summed E-state index contributed by atoms with van der Waals surface area (Å²) >= 11 is 10.4. The number of nitriles is 1. The number of aromatic nitrogens is 2. The highest BCUT2D eigenvalue weighted by atomic mass is 35.5. The van der Waals surface area contributed by atoms with E-state index in [0.29, 0.717) is 46.8 Å². The lowest BCUT2D eigenvalue weighted by atomic mass is 9.73. The number of hydrogen-bond donors (Lipinski definition) is 2. The van der Waals surface area contributed by atoms with Crippen LogP contribution in [0.1, 0.15) is 24.0 Å². The smallest absolute Gasteiger partial charge is 0.294 e. The number of likely N-dealkylation sites (tertiary alicyclic amines) is 1. The number of hydrogen-bond acceptors (Lipinski definition) is 5. The third-order valence-corrected chi connectivity index (χ3v) is 8.22. The van der Waals surface area contributed by atoms with Gasteiger partial charge in [-0.15, -0.1) is 0 Å². The first kappa shape index (κ1) is 25.7. The maximum absolute atomic E-state index is 11.4. The van der Waals surface area contributed by atoms with E-state index in [4.69, 9.17) is 27.9 Å². The number of piperidine rings is 1. The Hall–Kier alpha value is -2.93. The number of benzene rings is 3. The molecule has 2 N–H and O–H groups in total. The Morgan fingerprint density at radius 3 is 2.51 bits per heavy atom. The molecule has 7 nitrogen and oxygen atoms in total. The molecular weight excluding hydrogens is 531 g/mol. The van der Waals surface area contributed by atoms with Crippen LogP contribution in [-0.2, 0) is 16.5 Å². The van der Waals surface area contributed by atoms with Crippen molar-refractivity contribution < 1.29 is 13.5 Å². The summed E-state index contributed by atoms with van der Waals surface area (Å²) in [5.41, 5.74) is 4.85. The van der Waals surface area contributed by atoms with Gasteiger partial charge in [0.15, 0.2) is 11.1 Å². The number of aromatic amines is 1. The second-order valence-electron chi connectivity index (χ2n) is 9.23. The molecule has 0 spiro atoms. The Labute approximate surface area is 227 Å². The number of ether oxygens (including phenoxy) is 1. The van der Waals surface area contributed by atoms with Gasteiger partial charge in [0.05, 0.1) is 32.7 Å². The molecule has 0 bridgehead atoms. The SMILES string of the molecule is N#Cc1cccc(-c2ccc(C3(COc4nc5cc(Cl)c(Cl)cc5[nH]4)CCN(CS(=O)O)CC3)cc2)c1. The molecule has 10 heteroatoms. The van der Waals surface area contributed by atoms with Crippen molar-refractivity contribution in [1.82, 2.24) is 14.9 Å². The summed E-state index contributed by atoms with van der Waals surface area (Å²) in [6, 6.07) is 21.9. The zero-order valence-electron chi connectivity index (χ0n) is 19.8. The summed E-state index contributed by atoms with van der Waals surface area (Å²) < 4.78 is 26.9. The van der Waals surface area contributed by atoms with Gasteiger partial charge in [-0.05, 0) is 53.8 Å². The second-order valence-corrected chi connectivity index (χ2v) is 10.9. The zero-order chi connectivity index (χ0) is 26.0. The molecule has 2 heterocycles. The third-order valence-electron chi connectivity index (χ3n) is 6.92. The van der Waals surface area contributed by atoms with Gasteiger partial charge in [0.1, 0.15) is 12.5 Å². The Bertz CT molecular complexity index is 1450. The molecule has 0 aliphatic carbocycles. The van der Waals surface area contributed by atoms with Crippen LogP contribution in [0.3, 0.4) is 0 Å². The fourth-order valence-electron chi connectivity index (χ4n) is 4.82. The van der Waals surface area contributed by atoms with E-state index in [-0.39, 0.29) is 11.3 Å². The summed E-state index contributed by atoms with van der Waals surface area (Å²) in [5, 5.41) is 10.1. The first-order chi connectivity index (χ1) is 17.8. The normalized spacial score (nSPS) is 16.4. The van der Waals surface area contributed by atoms with Crippen molar-refractivity contribution in [3.05, 3.63) is 81.8 Å². The van der Waals surface area contributed by atoms with E-state index in [0.717, 1.165) is 35.0 Å². The van der Waals surface area contributed by atoms with Crippen molar-refractivity contribution in [2.75, 3.05) is 25.6 Å². The number of H-pyrrole nitrogens is 1. The van der Waals surface area contributed by atoms with E-state index in [2.05, 4.69) is 40.3 Å². The van der Waals surface area contributed by atoms with Gasteiger partial charge in [-0.1, -0.05) is 59.6 Å². The highest BCUT2D eigenvalue weighted by Gasteiger charge is 2.38. The van der Waals surface area contributed by atoms with E-state index in [1.165, 1.54) is 0 Å². The van der Waals surface area contributed by atoms with Crippen LogP contribution >= 0.6 is 23.2 Å². The van der Waals surface area contributed by atoms with Crippen LogP contribution < -0.4 is 4.74 Å². The van der Waals surface area contributed by atoms with Gasteiger partial charge in [0.25, 0.3) is 6.01 Å². The Morgan fingerprint density at radius 2 is 1.81 bits per heavy atom. The predicted octanol–water partition coefficient (Wildman–Crippen LogP) is 6.00. The standard InChI is InChI=1S/C27H24Cl2N4O3S/c28-22-13-24-25(14-23(22)29)32-26(31-24)36-16-27(8-10-33(11-9-27)17-37(34)35)21-6-4-19(5-7-21)20-3-1-2-18(12-20)15-30/h1-7,12-14H,8-11,16-17H2,(H,31,32)(H,34,35). The Balaban J connectivity index is 1.41. The van der Waals surface area contributed by atoms with Crippen molar-refractivity contribution in [3.8, 4) is 23.2 Å². The molecule has 0 amide bonds. The zero-order valence-corrected chi connectivity index (χ0v) is 22.1. The Kier molecular flexibility index (Phi) is 7.52. The lowest BCUT2D eigenvalue weighted by Crippen LogP contribution is -2.46. The average Bonchev–Trinajstić information content (AvgIpc) is 3.30. The van der Waals surface area contributed by atoms with Crippen LogP contribution in [0.2, 0.25) is 10.0 Å². The molecule has 5 rings (SSSR count). The van der Waals surface area contributed by atoms with Crippen LogP contribution in [0.15, 0.2) is 60.7 Å². The monoisotopic (exact) mass is 554 g/mol.